The Morgan fingerprint density at radius 3 is 2.42 bits per heavy atom. The molecule has 24 heavy (non-hydrogen) atoms. The molecule has 1 aliphatic heterocycles. The summed E-state index contributed by atoms with van der Waals surface area (Å²) in [5.74, 6) is -0.170. The van der Waals surface area contributed by atoms with Crippen molar-refractivity contribution < 1.29 is 14.4 Å². The first kappa shape index (κ1) is 18.9. The minimum absolute atomic E-state index is 0.400. The third-order valence-electron chi connectivity index (χ3n) is 5.44. The highest BCUT2D eigenvalue weighted by Gasteiger charge is 2.28. The molecule has 2 aliphatic rings. The van der Waals surface area contributed by atoms with E-state index in [1.807, 2.05) is 0 Å². The number of nitrogens with zero attached hydrogens (tertiary/aromatic N) is 1. The van der Waals surface area contributed by atoms with Crippen LogP contribution in [-0.2, 0) is 14.4 Å². The Hall–Kier alpha value is -1.43. The first-order valence-corrected chi connectivity index (χ1v) is 9.35. The van der Waals surface area contributed by atoms with Crippen LogP contribution in [0.5, 0.6) is 0 Å². The summed E-state index contributed by atoms with van der Waals surface area (Å²) < 4.78 is 0. The summed E-state index contributed by atoms with van der Waals surface area (Å²) in [6.07, 6.45) is 8.64. The number of rotatable bonds is 8. The maximum atomic E-state index is 12.3. The molecule has 136 valence electrons. The number of amides is 2. The fourth-order valence-electron chi connectivity index (χ4n) is 3.71. The highest BCUT2D eigenvalue weighted by molar-refractivity contribution is 6.38. The number of nitrogens with one attached hydrogen (secondary N) is 2. The number of hydrogen-bond acceptors (Lipinski definition) is 4. The maximum Gasteiger partial charge on any atom is 0.289 e. The molecule has 1 atom stereocenters. The monoisotopic (exact) mass is 337 g/mol. The SMILES string of the molecule is CC(C(=O)C(=O)NCC1CCCCC1)N(C=O)CC1CCNCC1. The van der Waals surface area contributed by atoms with E-state index in [4.69, 9.17) is 0 Å². The molecule has 1 unspecified atom stereocenters. The van der Waals surface area contributed by atoms with Crippen LogP contribution in [0.15, 0.2) is 0 Å². The van der Waals surface area contributed by atoms with Gasteiger partial charge in [0.1, 0.15) is 0 Å². The Balaban J connectivity index is 1.79. The van der Waals surface area contributed by atoms with Gasteiger partial charge in [0.2, 0.25) is 12.2 Å². The molecular weight excluding hydrogens is 306 g/mol. The zero-order chi connectivity index (χ0) is 17.4. The number of carbonyl (C=O) groups excluding carboxylic acids is 3. The molecule has 1 saturated carbocycles. The predicted molar refractivity (Wildman–Crippen MR) is 92.4 cm³/mol. The van der Waals surface area contributed by atoms with Crippen molar-refractivity contribution >= 4 is 18.1 Å². The van der Waals surface area contributed by atoms with Crippen LogP contribution in [0.1, 0.15) is 51.9 Å². The summed E-state index contributed by atoms with van der Waals surface area (Å²) in [5, 5.41) is 6.06. The lowest BCUT2D eigenvalue weighted by Crippen LogP contribution is -2.48. The molecule has 6 heteroatoms. The van der Waals surface area contributed by atoms with Crippen LogP contribution in [0.25, 0.3) is 0 Å². The van der Waals surface area contributed by atoms with E-state index in [-0.39, 0.29) is 0 Å². The number of carbonyl (C=O) groups is 3. The van der Waals surface area contributed by atoms with Gasteiger partial charge in [0.05, 0.1) is 6.04 Å². The van der Waals surface area contributed by atoms with Crippen molar-refractivity contribution in [1.82, 2.24) is 15.5 Å². The summed E-state index contributed by atoms with van der Waals surface area (Å²) in [6, 6.07) is -0.691. The molecule has 1 saturated heterocycles. The van der Waals surface area contributed by atoms with Gasteiger partial charge in [0, 0.05) is 13.1 Å². The molecule has 0 bridgehead atoms. The second-order valence-corrected chi connectivity index (χ2v) is 7.25. The zero-order valence-electron chi connectivity index (χ0n) is 14.8. The van der Waals surface area contributed by atoms with Crippen molar-refractivity contribution in [1.29, 1.82) is 0 Å². The first-order valence-electron chi connectivity index (χ1n) is 9.35. The van der Waals surface area contributed by atoms with Crippen molar-refractivity contribution in [2.24, 2.45) is 11.8 Å². The molecule has 0 aromatic rings. The topological polar surface area (TPSA) is 78.5 Å². The molecular formula is C18H31N3O3. The van der Waals surface area contributed by atoms with Gasteiger partial charge >= 0.3 is 0 Å². The fraction of sp³-hybridized carbons (Fsp3) is 0.833. The van der Waals surface area contributed by atoms with Crippen molar-refractivity contribution in [3.8, 4) is 0 Å². The molecule has 0 radical (unpaired) electrons. The number of ketones is 1. The van der Waals surface area contributed by atoms with Crippen molar-refractivity contribution in [2.45, 2.75) is 57.9 Å². The van der Waals surface area contributed by atoms with Gasteiger partial charge in [-0.25, -0.2) is 0 Å². The van der Waals surface area contributed by atoms with Gasteiger partial charge in [0.25, 0.3) is 5.91 Å². The van der Waals surface area contributed by atoms with Crippen LogP contribution in [0.4, 0.5) is 0 Å². The third kappa shape index (κ3) is 5.58. The van der Waals surface area contributed by atoms with Gasteiger partial charge in [-0.05, 0) is 57.5 Å². The lowest BCUT2D eigenvalue weighted by atomic mass is 9.89. The van der Waals surface area contributed by atoms with E-state index in [0.29, 0.717) is 31.3 Å². The van der Waals surface area contributed by atoms with Gasteiger partial charge in [-0.3, -0.25) is 14.4 Å². The minimum Gasteiger partial charge on any atom is -0.349 e. The molecule has 1 aliphatic carbocycles. The molecule has 0 aromatic carbocycles. The first-order chi connectivity index (χ1) is 11.6. The normalized spacial score (nSPS) is 21.0. The smallest absolute Gasteiger partial charge is 0.289 e. The van der Waals surface area contributed by atoms with Crippen LogP contribution >= 0.6 is 0 Å². The Morgan fingerprint density at radius 1 is 1.12 bits per heavy atom. The van der Waals surface area contributed by atoms with E-state index in [9.17, 15) is 14.4 Å². The largest absolute Gasteiger partial charge is 0.349 e. The molecule has 2 fully saturated rings. The molecule has 0 spiro atoms. The van der Waals surface area contributed by atoms with Gasteiger partial charge in [-0.1, -0.05) is 19.3 Å². The summed E-state index contributed by atoms with van der Waals surface area (Å²) in [5.41, 5.74) is 0. The van der Waals surface area contributed by atoms with Crippen LogP contribution < -0.4 is 10.6 Å². The van der Waals surface area contributed by atoms with Crippen LogP contribution in [-0.4, -0.2) is 55.2 Å². The average molecular weight is 337 g/mol. The van der Waals surface area contributed by atoms with Gasteiger partial charge in [-0.2, -0.15) is 0 Å². The summed E-state index contributed by atoms with van der Waals surface area (Å²) >= 11 is 0. The standard InChI is InChI=1S/C18H31N3O3/c1-14(21(13-22)12-16-7-9-19-10-8-16)17(23)18(24)20-11-15-5-3-2-4-6-15/h13-16,19H,2-12H2,1H3,(H,20,24). The lowest BCUT2D eigenvalue weighted by molar-refractivity contribution is -0.142. The lowest BCUT2D eigenvalue weighted by Gasteiger charge is -2.30. The van der Waals surface area contributed by atoms with E-state index < -0.39 is 17.7 Å². The van der Waals surface area contributed by atoms with Gasteiger partial charge in [-0.15, -0.1) is 0 Å². The molecule has 6 nitrogen and oxygen atoms in total. The van der Waals surface area contributed by atoms with Gasteiger partial charge in [0.15, 0.2) is 0 Å². The average Bonchev–Trinajstić information content (AvgIpc) is 2.64. The quantitative estimate of drug-likeness (QED) is 0.513. The molecule has 2 rings (SSSR count). The van der Waals surface area contributed by atoms with Crippen LogP contribution in [0.2, 0.25) is 0 Å². The predicted octanol–water partition coefficient (Wildman–Crippen LogP) is 1.10. The van der Waals surface area contributed by atoms with Crippen molar-refractivity contribution in [2.75, 3.05) is 26.2 Å². The fourth-order valence-corrected chi connectivity index (χ4v) is 3.71. The highest BCUT2D eigenvalue weighted by Crippen LogP contribution is 2.22. The third-order valence-corrected chi connectivity index (χ3v) is 5.44. The Morgan fingerprint density at radius 2 is 1.79 bits per heavy atom. The van der Waals surface area contributed by atoms with E-state index >= 15 is 0 Å². The highest BCUT2D eigenvalue weighted by atomic mass is 16.2. The molecule has 1 heterocycles. The zero-order valence-corrected chi connectivity index (χ0v) is 14.8. The summed E-state index contributed by atoms with van der Waals surface area (Å²) in [7, 11) is 0. The molecule has 0 aromatic heterocycles. The minimum atomic E-state index is -0.691. The maximum absolute atomic E-state index is 12.3. The van der Waals surface area contributed by atoms with Crippen LogP contribution in [0, 0.1) is 11.8 Å². The Bertz CT molecular complexity index is 429. The second-order valence-electron chi connectivity index (χ2n) is 7.25. The summed E-state index contributed by atoms with van der Waals surface area (Å²) in [4.78, 5) is 37.3. The number of Topliss-reactive ketones (excluding diaryl/α,β-unsaturated/α-hetero) is 1. The molecule has 2 N–H and O–H groups in total. The number of hydrogen-bond donors (Lipinski definition) is 2. The summed E-state index contributed by atoms with van der Waals surface area (Å²) in [6.45, 7) is 4.67. The molecule has 2 amide bonds. The van der Waals surface area contributed by atoms with E-state index in [1.54, 1.807) is 6.92 Å². The second kappa shape index (κ2) is 9.77. The van der Waals surface area contributed by atoms with Crippen LogP contribution in [0.3, 0.4) is 0 Å². The van der Waals surface area contributed by atoms with Crippen molar-refractivity contribution in [3.63, 3.8) is 0 Å². The Labute approximate surface area is 144 Å². The van der Waals surface area contributed by atoms with E-state index in [2.05, 4.69) is 10.6 Å². The van der Waals surface area contributed by atoms with Gasteiger partial charge < -0.3 is 15.5 Å². The number of piperidine rings is 1. The Kier molecular flexibility index (Phi) is 7.69. The van der Waals surface area contributed by atoms with E-state index in [1.165, 1.54) is 24.2 Å². The van der Waals surface area contributed by atoms with Crippen molar-refractivity contribution in [3.05, 3.63) is 0 Å². The van der Waals surface area contributed by atoms with E-state index in [0.717, 1.165) is 38.8 Å².